The Morgan fingerprint density at radius 1 is 1.07 bits per heavy atom. The van der Waals surface area contributed by atoms with Crippen molar-refractivity contribution in [3.05, 3.63) is 86.9 Å². The molecule has 1 aromatic carbocycles. The molecule has 5 rings (SSSR count). The lowest BCUT2D eigenvalue weighted by atomic mass is 10.0. The molecule has 0 aliphatic carbocycles. The highest BCUT2D eigenvalue weighted by Crippen LogP contribution is 2.36. The molecule has 0 bridgehead atoms. The Kier molecular flexibility index (Phi) is 7.69. The zero-order valence-electron chi connectivity index (χ0n) is 21.2. The van der Waals surface area contributed by atoms with E-state index in [0.717, 1.165) is 34.4 Å². The number of halogens is 6. The van der Waals surface area contributed by atoms with Crippen LogP contribution in [-0.4, -0.2) is 32.4 Å². The standard InChI is InChI=1S/C26H18F6N8OS/c27-25(28,29)18-7-16(3-1-14(18)8-33)40-6-5-17-19(11-40)36-13-37-23(17)39-21-4-2-15(9-34-21)24(41)35-10-22-38-20(12-42-22)26(30,31)32/h1-4,7,9,12-13H,5-6,10-11H2,(H,35,41)(H,34,36,37,39). The van der Waals surface area contributed by atoms with E-state index < -0.39 is 35.1 Å². The van der Waals surface area contributed by atoms with Gasteiger partial charge in [0, 0.05) is 29.4 Å². The first-order valence-electron chi connectivity index (χ1n) is 12.1. The first-order valence-corrected chi connectivity index (χ1v) is 13.0. The van der Waals surface area contributed by atoms with Gasteiger partial charge in [0.15, 0.2) is 5.69 Å². The summed E-state index contributed by atoms with van der Waals surface area (Å²) in [4.78, 5) is 30.4. The molecule has 0 saturated carbocycles. The number of nitriles is 1. The first kappa shape index (κ1) is 28.7. The Labute approximate surface area is 237 Å². The smallest absolute Gasteiger partial charge is 0.365 e. The number of aromatic nitrogens is 4. The van der Waals surface area contributed by atoms with Gasteiger partial charge >= 0.3 is 12.4 Å². The summed E-state index contributed by atoms with van der Waals surface area (Å²) in [7, 11) is 0. The van der Waals surface area contributed by atoms with Crippen molar-refractivity contribution >= 4 is 34.6 Å². The molecule has 4 aromatic rings. The number of fused-ring (bicyclic) bond motifs is 1. The van der Waals surface area contributed by atoms with E-state index in [1.165, 1.54) is 30.7 Å². The molecule has 1 aliphatic heterocycles. The van der Waals surface area contributed by atoms with Crippen molar-refractivity contribution < 1.29 is 31.1 Å². The molecule has 4 heterocycles. The molecule has 9 nitrogen and oxygen atoms in total. The molecule has 0 saturated heterocycles. The fraction of sp³-hybridized carbons (Fsp3) is 0.231. The van der Waals surface area contributed by atoms with E-state index in [2.05, 4.69) is 30.6 Å². The second kappa shape index (κ2) is 11.2. The molecular weight excluding hydrogens is 586 g/mol. The summed E-state index contributed by atoms with van der Waals surface area (Å²) in [6, 6.07) is 8.16. The van der Waals surface area contributed by atoms with Crippen LogP contribution in [-0.2, 0) is 31.9 Å². The van der Waals surface area contributed by atoms with E-state index in [-0.39, 0.29) is 23.7 Å². The molecule has 0 unspecified atom stereocenters. The fourth-order valence-electron chi connectivity index (χ4n) is 4.25. The Morgan fingerprint density at radius 3 is 2.55 bits per heavy atom. The van der Waals surface area contributed by atoms with Gasteiger partial charge in [0.05, 0.1) is 41.5 Å². The van der Waals surface area contributed by atoms with Gasteiger partial charge in [-0.3, -0.25) is 4.79 Å². The van der Waals surface area contributed by atoms with Gasteiger partial charge in [-0.1, -0.05) is 0 Å². The van der Waals surface area contributed by atoms with Gasteiger partial charge in [0.1, 0.15) is 23.0 Å². The number of alkyl halides is 6. The Hall–Kier alpha value is -4.78. The van der Waals surface area contributed by atoms with Crippen LogP contribution in [0.5, 0.6) is 0 Å². The highest BCUT2D eigenvalue weighted by Gasteiger charge is 2.35. The van der Waals surface area contributed by atoms with Gasteiger partial charge < -0.3 is 15.5 Å². The number of benzene rings is 1. The molecule has 0 atom stereocenters. The number of carbonyl (C=O) groups excluding carboxylic acids is 1. The molecule has 1 aliphatic rings. The van der Waals surface area contributed by atoms with E-state index in [4.69, 9.17) is 5.26 Å². The molecule has 1 amide bonds. The zero-order valence-corrected chi connectivity index (χ0v) is 22.0. The summed E-state index contributed by atoms with van der Waals surface area (Å²) in [6.07, 6.45) is -6.21. The van der Waals surface area contributed by atoms with Crippen molar-refractivity contribution in [2.45, 2.75) is 31.9 Å². The molecule has 0 spiro atoms. The topological polar surface area (TPSA) is 120 Å². The third-order valence-corrected chi connectivity index (χ3v) is 7.16. The van der Waals surface area contributed by atoms with Crippen LogP contribution in [0.4, 0.5) is 43.7 Å². The van der Waals surface area contributed by atoms with Gasteiger partial charge in [-0.05, 0) is 36.8 Å². The van der Waals surface area contributed by atoms with Gasteiger partial charge in [-0.25, -0.2) is 19.9 Å². The van der Waals surface area contributed by atoms with Crippen molar-refractivity contribution in [2.75, 3.05) is 16.8 Å². The van der Waals surface area contributed by atoms with Crippen LogP contribution in [0.1, 0.15) is 43.4 Å². The van der Waals surface area contributed by atoms with Crippen LogP contribution >= 0.6 is 11.3 Å². The van der Waals surface area contributed by atoms with Crippen LogP contribution < -0.4 is 15.5 Å². The molecule has 16 heteroatoms. The zero-order chi connectivity index (χ0) is 30.1. The SMILES string of the molecule is N#Cc1ccc(N2CCc3c(ncnc3Nc3ccc(C(=O)NCc4nc(C(F)(F)F)cs4)cn3)C2)cc1C(F)(F)F. The van der Waals surface area contributed by atoms with Gasteiger partial charge in [0.25, 0.3) is 5.91 Å². The molecule has 0 fully saturated rings. The van der Waals surface area contributed by atoms with Crippen molar-refractivity contribution in [3.63, 3.8) is 0 Å². The van der Waals surface area contributed by atoms with E-state index in [0.29, 0.717) is 36.0 Å². The average molecular weight is 605 g/mol. The minimum atomic E-state index is -4.67. The molecule has 42 heavy (non-hydrogen) atoms. The molecule has 2 N–H and O–H groups in total. The molecule has 216 valence electrons. The number of hydrogen-bond acceptors (Lipinski definition) is 9. The molecule has 3 aromatic heterocycles. The minimum Gasteiger partial charge on any atom is -0.365 e. The highest BCUT2D eigenvalue weighted by atomic mass is 32.1. The number of rotatable bonds is 6. The number of carbonyl (C=O) groups is 1. The van der Waals surface area contributed by atoms with Crippen LogP contribution in [0.15, 0.2) is 48.2 Å². The molecular formula is C26H18F6N8OS. The Bertz CT molecular complexity index is 1660. The van der Waals surface area contributed by atoms with Crippen molar-refractivity contribution in [3.8, 4) is 6.07 Å². The van der Waals surface area contributed by atoms with E-state index in [1.807, 2.05) is 0 Å². The van der Waals surface area contributed by atoms with Gasteiger partial charge in [0.2, 0.25) is 0 Å². The van der Waals surface area contributed by atoms with Crippen LogP contribution in [0, 0.1) is 11.3 Å². The van der Waals surface area contributed by atoms with Crippen molar-refractivity contribution in [1.29, 1.82) is 5.26 Å². The van der Waals surface area contributed by atoms with Crippen molar-refractivity contribution in [1.82, 2.24) is 25.3 Å². The number of thiazole rings is 1. The monoisotopic (exact) mass is 604 g/mol. The Balaban J connectivity index is 1.24. The normalized spacial score (nSPS) is 13.3. The van der Waals surface area contributed by atoms with Gasteiger partial charge in [-0.2, -0.15) is 31.6 Å². The van der Waals surface area contributed by atoms with E-state index in [1.54, 1.807) is 11.0 Å². The number of amides is 1. The maximum absolute atomic E-state index is 13.4. The summed E-state index contributed by atoms with van der Waals surface area (Å²) in [5.41, 5.74) is -0.626. The third-order valence-electron chi connectivity index (χ3n) is 6.32. The number of pyridine rings is 1. The summed E-state index contributed by atoms with van der Waals surface area (Å²) in [5.74, 6) is 0.254. The quantitative estimate of drug-likeness (QED) is 0.278. The van der Waals surface area contributed by atoms with E-state index in [9.17, 15) is 31.1 Å². The maximum atomic E-state index is 13.4. The maximum Gasteiger partial charge on any atom is 0.434 e. The molecule has 0 radical (unpaired) electrons. The van der Waals surface area contributed by atoms with Crippen LogP contribution in [0.2, 0.25) is 0 Å². The minimum absolute atomic E-state index is 0.106. The fourth-order valence-corrected chi connectivity index (χ4v) is 4.99. The van der Waals surface area contributed by atoms with Crippen molar-refractivity contribution in [2.24, 2.45) is 0 Å². The lowest BCUT2D eigenvalue weighted by molar-refractivity contribution is -0.141. The predicted molar refractivity (Wildman–Crippen MR) is 139 cm³/mol. The lowest BCUT2D eigenvalue weighted by Crippen LogP contribution is -2.32. The van der Waals surface area contributed by atoms with E-state index >= 15 is 0 Å². The lowest BCUT2D eigenvalue weighted by Gasteiger charge is -2.31. The summed E-state index contributed by atoms with van der Waals surface area (Å²) >= 11 is 0.787. The average Bonchev–Trinajstić information content (AvgIpc) is 3.45. The summed E-state index contributed by atoms with van der Waals surface area (Å²) in [6.45, 7) is 0.407. The first-order chi connectivity index (χ1) is 19.9. The number of anilines is 3. The largest absolute Gasteiger partial charge is 0.434 e. The Morgan fingerprint density at radius 2 is 1.88 bits per heavy atom. The number of nitrogens with one attached hydrogen (secondary N) is 2. The third kappa shape index (κ3) is 6.25. The highest BCUT2D eigenvalue weighted by molar-refractivity contribution is 7.09. The second-order valence-electron chi connectivity index (χ2n) is 9.02. The van der Waals surface area contributed by atoms with Gasteiger partial charge in [-0.15, -0.1) is 11.3 Å². The second-order valence-corrected chi connectivity index (χ2v) is 9.97. The number of nitrogens with zero attached hydrogens (tertiary/aromatic N) is 6. The summed E-state index contributed by atoms with van der Waals surface area (Å²) < 4.78 is 78.4. The van der Waals surface area contributed by atoms with Crippen LogP contribution in [0.3, 0.4) is 0 Å². The van der Waals surface area contributed by atoms with Crippen LogP contribution in [0.25, 0.3) is 0 Å². The predicted octanol–water partition coefficient (Wildman–Crippen LogP) is 5.47. The summed E-state index contributed by atoms with van der Waals surface area (Å²) in [5, 5.41) is 15.6. The number of hydrogen-bond donors (Lipinski definition) is 2.